The molecule has 4 heterocycles. The predicted octanol–water partition coefficient (Wildman–Crippen LogP) is 1.84. The summed E-state index contributed by atoms with van der Waals surface area (Å²) in [6, 6.07) is 3.80. The van der Waals surface area contributed by atoms with E-state index in [1.165, 1.54) is 22.9 Å². The Kier molecular flexibility index (Phi) is 5.30. The SMILES string of the molecule is C[C@H]1CN(c2cc(S(=O)(=O)NC3(C#N)CC3)cn3c(-c4nnc(C(F)F)o4)cnc23)C[C@H](C)N1. The van der Waals surface area contributed by atoms with Crippen molar-refractivity contribution < 1.29 is 21.6 Å². The first kappa shape index (κ1) is 22.6. The van der Waals surface area contributed by atoms with Crippen molar-refractivity contribution in [2.45, 2.75) is 55.6 Å². The Bertz CT molecular complexity index is 1380. The largest absolute Gasteiger partial charge is 0.414 e. The molecule has 3 aromatic heterocycles. The fourth-order valence-corrected chi connectivity index (χ4v) is 5.60. The number of pyridine rings is 1. The van der Waals surface area contributed by atoms with Crippen molar-refractivity contribution in [3.8, 4) is 17.7 Å². The minimum Gasteiger partial charge on any atom is -0.414 e. The van der Waals surface area contributed by atoms with Crippen molar-refractivity contribution >= 4 is 21.4 Å². The van der Waals surface area contributed by atoms with Crippen molar-refractivity contribution in [1.29, 1.82) is 5.26 Å². The van der Waals surface area contributed by atoms with Crippen LogP contribution in [0.2, 0.25) is 0 Å². The summed E-state index contributed by atoms with van der Waals surface area (Å²) in [5.41, 5.74) is 0.0196. The average Bonchev–Trinajstić information content (AvgIpc) is 3.18. The Morgan fingerprint density at radius 3 is 2.59 bits per heavy atom. The van der Waals surface area contributed by atoms with Crippen LogP contribution in [0.4, 0.5) is 14.5 Å². The number of halogens is 2. The number of fused-ring (bicyclic) bond motifs is 1. The first-order valence-corrected chi connectivity index (χ1v) is 12.2. The van der Waals surface area contributed by atoms with Gasteiger partial charge in [-0.1, -0.05) is 0 Å². The van der Waals surface area contributed by atoms with Crippen LogP contribution in [0, 0.1) is 11.3 Å². The molecule has 5 rings (SSSR count). The number of nitriles is 1. The van der Waals surface area contributed by atoms with Gasteiger partial charge in [0.1, 0.15) is 16.1 Å². The zero-order valence-corrected chi connectivity index (χ0v) is 19.2. The number of anilines is 1. The standard InChI is InChI=1S/C20H22F2N8O3S/c1-11-7-29(8-12(2)25-11)14-5-13(34(31,32)28-20(10-23)3-4-20)9-30-15(6-24-17(14)30)18-26-27-19(33-18)16(21)22/h5-6,9,11-12,16,25,28H,3-4,7-8H2,1-2H3/t11-,12-/m0/s1. The van der Waals surface area contributed by atoms with E-state index in [4.69, 9.17) is 4.42 Å². The van der Waals surface area contributed by atoms with Crippen LogP contribution in [-0.2, 0) is 10.0 Å². The number of piperazine rings is 1. The van der Waals surface area contributed by atoms with Crippen LogP contribution < -0.4 is 14.9 Å². The number of sulfonamides is 1. The Morgan fingerprint density at radius 1 is 1.29 bits per heavy atom. The molecular formula is C20H22F2N8O3S. The summed E-state index contributed by atoms with van der Waals surface area (Å²) in [4.78, 5) is 6.34. The second-order valence-electron chi connectivity index (χ2n) is 8.82. The first-order valence-electron chi connectivity index (χ1n) is 10.7. The normalized spacial score (nSPS) is 22.3. The molecule has 0 unspecified atom stereocenters. The summed E-state index contributed by atoms with van der Waals surface area (Å²) < 4.78 is 61.5. The van der Waals surface area contributed by atoms with Gasteiger partial charge in [0.05, 0.1) is 18.0 Å². The van der Waals surface area contributed by atoms with Crippen LogP contribution in [-0.4, -0.2) is 58.7 Å². The summed E-state index contributed by atoms with van der Waals surface area (Å²) in [7, 11) is -4.08. The Balaban J connectivity index is 1.67. The van der Waals surface area contributed by atoms with E-state index in [-0.39, 0.29) is 28.6 Å². The lowest BCUT2D eigenvalue weighted by atomic mass is 10.1. The van der Waals surface area contributed by atoms with Gasteiger partial charge in [-0.25, -0.2) is 13.4 Å². The van der Waals surface area contributed by atoms with Crippen molar-refractivity contribution in [2.24, 2.45) is 0 Å². The molecule has 11 nitrogen and oxygen atoms in total. The van der Waals surface area contributed by atoms with E-state index in [0.717, 1.165) is 0 Å². The molecule has 2 fully saturated rings. The number of nitrogens with zero attached hydrogens (tertiary/aromatic N) is 6. The number of nitrogens with one attached hydrogen (secondary N) is 2. The van der Waals surface area contributed by atoms with Gasteiger partial charge in [0.15, 0.2) is 5.65 Å². The lowest BCUT2D eigenvalue weighted by molar-refractivity contribution is 0.116. The zero-order valence-electron chi connectivity index (χ0n) is 18.4. The van der Waals surface area contributed by atoms with E-state index in [1.54, 1.807) is 0 Å². The van der Waals surface area contributed by atoms with E-state index in [0.29, 0.717) is 37.3 Å². The molecule has 1 aliphatic carbocycles. The number of alkyl halides is 2. The highest BCUT2D eigenvalue weighted by Crippen LogP contribution is 2.37. The van der Waals surface area contributed by atoms with Crippen LogP contribution in [0.1, 0.15) is 39.0 Å². The van der Waals surface area contributed by atoms with Gasteiger partial charge in [-0.15, -0.1) is 10.2 Å². The fraction of sp³-hybridized carbons (Fsp3) is 0.500. The maximum Gasteiger partial charge on any atom is 0.314 e. The molecule has 0 amide bonds. The molecule has 0 aromatic carbocycles. The number of aromatic nitrogens is 4. The molecule has 2 atom stereocenters. The third-order valence-electron chi connectivity index (χ3n) is 5.91. The highest BCUT2D eigenvalue weighted by molar-refractivity contribution is 7.89. The molecule has 2 N–H and O–H groups in total. The lowest BCUT2D eigenvalue weighted by Crippen LogP contribution is -2.54. The van der Waals surface area contributed by atoms with Crippen LogP contribution in [0.25, 0.3) is 17.2 Å². The van der Waals surface area contributed by atoms with Crippen LogP contribution >= 0.6 is 0 Å². The molecule has 3 aromatic rings. The van der Waals surface area contributed by atoms with Gasteiger partial charge in [0.2, 0.25) is 10.0 Å². The maximum absolute atomic E-state index is 13.2. The smallest absolute Gasteiger partial charge is 0.314 e. The van der Waals surface area contributed by atoms with Crippen LogP contribution in [0.3, 0.4) is 0 Å². The summed E-state index contributed by atoms with van der Waals surface area (Å²) in [6.07, 6.45) is 0.607. The van der Waals surface area contributed by atoms with Gasteiger partial charge < -0.3 is 14.6 Å². The molecule has 0 spiro atoms. The summed E-state index contributed by atoms with van der Waals surface area (Å²) in [6.45, 7) is 5.23. The highest BCUT2D eigenvalue weighted by Gasteiger charge is 2.47. The minimum atomic E-state index is -4.08. The molecule has 180 valence electrons. The van der Waals surface area contributed by atoms with Crippen LogP contribution in [0.5, 0.6) is 0 Å². The van der Waals surface area contributed by atoms with E-state index >= 15 is 0 Å². The molecule has 1 saturated carbocycles. The lowest BCUT2D eigenvalue weighted by Gasteiger charge is -2.37. The van der Waals surface area contributed by atoms with E-state index in [9.17, 15) is 22.5 Å². The molecule has 14 heteroatoms. The Labute approximate surface area is 193 Å². The number of rotatable bonds is 6. The number of imidazole rings is 1. The average molecular weight is 493 g/mol. The fourth-order valence-electron chi connectivity index (χ4n) is 4.21. The number of hydrogen-bond acceptors (Lipinski definition) is 9. The molecule has 34 heavy (non-hydrogen) atoms. The monoisotopic (exact) mass is 492 g/mol. The Hall–Kier alpha value is -3.15. The zero-order chi connectivity index (χ0) is 24.3. The summed E-state index contributed by atoms with van der Waals surface area (Å²) in [5, 5.41) is 19.8. The van der Waals surface area contributed by atoms with Gasteiger partial charge in [0, 0.05) is 31.4 Å². The van der Waals surface area contributed by atoms with Crippen molar-refractivity contribution in [2.75, 3.05) is 18.0 Å². The van der Waals surface area contributed by atoms with Gasteiger partial charge in [-0.05, 0) is 32.8 Å². The van der Waals surface area contributed by atoms with E-state index < -0.39 is 27.9 Å². The second kappa shape index (κ2) is 7.97. The second-order valence-corrected chi connectivity index (χ2v) is 10.5. The van der Waals surface area contributed by atoms with E-state index in [2.05, 4.69) is 25.2 Å². The van der Waals surface area contributed by atoms with Gasteiger partial charge in [-0.2, -0.15) is 18.8 Å². The van der Waals surface area contributed by atoms with Crippen molar-refractivity contribution in [1.82, 2.24) is 29.6 Å². The molecule has 0 bridgehead atoms. The number of hydrogen-bond donors (Lipinski definition) is 2. The van der Waals surface area contributed by atoms with Gasteiger partial charge in [-0.3, -0.25) is 4.40 Å². The van der Waals surface area contributed by atoms with E-state index in [1.807, 2.05) is 24.8 Å². The molecule has 1 aliphatic heterocycles. The summed E-state index contributed by atoms with van der Waals surface area (Å²) >= 11 is 0. The molecular weight excluding hydrogens is 470 g/mol. The Morgan fingerprint density at radius 2 is 2.00 bits per heavy atom. The molecule has 0 radical (unpaired) electrons. The third-order valence-corrected chi connectivity index (χ3v) is 7.41. The van der Waals surface area contributed by atoms with Crippen LogP contribution in [0.15, 0.2) is 27.8 Å². The topological polar surface area (TPSA) is 141 Å². The van der Waals surface area contributed by atoms with Gasteiger partial charge in [0.25, 0.3) is 11.8 Å². The van der Waals surface area contributed by atoms with Crippen molar-refractivity contribution in [3.05, 3.63) is 24.4 Å². The predicted molar refractivity (Wildman–Crippen MR) is 116 cm³/mol. The third kappa shape index (κ3) is 3.99. The highest BCUT2D eigenvalue weighted by atomic mass is 32.2. The maximum atomic E-state index is 13.2. The molecule has 2 aliphatic rings. The molecule has 1 saturated heterocycles. The van der Waals surface area contributed by atoms with Crippen molar-refractivity contribution in [3.63, 3.8) is 0 Å². The quantitative estimate of drug-likeness (QED) is 0.527. The first-order chi connectivity index (χ1) is 16.1. The minimum absolute atomic E-state index is 0.0942. The van der Waals surface area contributed by atoms with Gasteiger partial charge >= 0.3 is 6.43 Å². The summed E-state index contributed by atoms with van der Waals surface area (Å²) in [5.74, 6) is -1.06.